The fourth-order valence-electron chi connectivity index (χ4n) is 6.84. The van der Waals surface area contributed by atoms with Crippen LogP contribution in [0.15, 0.2) is 15.7 Å². The molecule has 1 spiro atoms. The van der Waals surface area contributed by atoms with Gasteiger partial charge in [0, 0.05) is 25.6 Å². The molecule has 6 rings (SSSR count). The van der Waals surface area contributed by atoms with Crippen LogP contribution in [0.4, 0.5) is 0 Å². The quantitative estimate of drug-likeness (QED) is 0.369. The van der Waals surface area contributed by atoms with Crippen molar-refractivity contribution in [3.63, 3.8) is 0 Å². The summed E-state index contributed by atoms with van der Waals surface area (Å²) in [5.41, 5.74) is 1.97. The van der Waals surface area contributed by atoms with Crippen molar-refractivity contribution < 1.29 is 14.1 Å². The van der Waals surface area contributed by atoms with E-state index in [1.165, 1.54) is 0 Å². The molecule has 0 N–H and O–H groups in total. The first-order valence-electron chi connectivity index (χ1n) is 13.0. The Bertz CT molecular complexity index is 1300. The minimum Gasteiger partial charge on any atom is -0.380 e. The molecular formula is C26H34N6O3S. The van der Waals surface area contributed by atoms with Crippen LogP contribution in [0.3, 0.4) is 0 Å². The van der Waals surface area contributed by atoms with E-state index in [-0.39, 0.29) is 18.2 Å². The third kappa shape index (κ3) is 3.55. The number of likely N-dealkylation sites (N-methyl/N-ethyl adjacent to an activating group) is 1. The predicted octanol–water partition coefficient (Wildman–Crippen LogP) is 4.20. The number of ether oxygens (including phenoxy) is 1. The summed E-state index contributed by atoms with van der Waals surface area (Å²) in [5.74, 6) is 1.62. The molecule has 9 nitrogen and oxygen atoms in total. The van der Waals surface area contributed by atoms with Gasteiger partial charge in [0.1, 0.15) is 10.8 Å². The van der Waals surface area contributed by atoms with E-state index in [4.69, 9.17) is 24.3 Å². The molecule has 1 saturated heterocycles. The lowest BCUT2D eigenvalue weighted by molar-refractivity contribution is -0.128. The molecule has 0 radical (unpaired) electrons. The number of carbonyl (C=O) groups excluding carboxylic acids is 1. The maximum atomic E-state index is 13.1. The first kappa shape index (κ1) is 24.1. The lowest BCUT2D eigenvalue weighted by Gasteiger charge is -2.36. The van der Waals surface area contributed by atoms with E-state index in [1.54, 1.807) is 18.9 Å². The molecule has 36 heavy (non-hydrogen) atoms. The number of methoxy groups -OCH3 is 1. The Morgan fingerprint density at radius 3 is 2.83 bits per heavy atom. The molecule has 2 aliphatic carbocycles. The summed E-state index contributed by atoms with van der Waals surface area (Å²) in [5, 5.41) is 11.1. The van der Waals surface area contributed by atoms with Crippen molar-refractivity contribution in [2.24, 2.45) is 0 Å². The fourth-order valence-corrected chi connectivity index (χ4v) is 7.39. The second-order valence-corrected chi connectivity index (χ2v) is 11.4. The van der Waals surface area contributed by atoms with E-state index in [0.29, 0.717) is 23.7 Å². The van der Waals surface area contributed by atoms with Gasteiger partial charge in [-0.25, -0.2) is 14.6 Å². The zero-order chi connectivity index (χ0) is 25.0. The van der Waals surface area contributed by atoms with Gasteiger partial charge in [-0.15, -0.1) is 11.8 Å². The largest absolute Gasteiger partial charge is 0.380 e. The molecule has 4 atom stereocenters. The number of nitrogens with zero attached hydrogens (tertiary/aromatic N) is 6. The van der Waals surface area contributed by atoms with Crippen LogP contribution in [-0.2, 0) is 21.4 Å². The SMILES string of the molecule is CO[C@H]1CCN(C)[C@@H]1[C@H](C)n1ncc2c(SC)nc(-c3noc4c3CCC[C@@]43CCCCC3=O)nc21. The highest BCUT2D eigenvalue weighted by Gasteiger charge is 2.48. The van der Waals surface area contributed by atoms with E-state index < -0.39 is 5.41 Å². The second-order valence-electron chi connectivity index (χ2n) is 10.6. The Labute approximate surface area is 215 Å². The highest BCUT2D eigenvalue weighted by Crippen LogP contribution is 2.47. The van der Waals surface area contributed by atoms with Gasteiger partial charge in [0.15, 0.2) is 22.9 Å². The average molecular weight is 511 g/mol. The van der Waals surface area contributed by atoms with Crippen molar-refractivity contribution in [2.75, 3.05) is 27.0 Å². The number of aromatic nitrogens is 5. The molecule has 10 heteroatoms. The third-order valence-electron chi connectivity index (χ3n) is 8.71. The summed E-state index contributed by atoms with van der Waals surface area (Å²) >= 11 is 1.58. The number of carbonyl (C=O) groups is 1. The second kappa shape index (κ2) is 9.22. The van der Waals surface area contributed by atoms with Crippen molar-refractivity contribution >= 4 is 28.6 Å². The zero-order valence-electron chi connectivity index (χ0n) is 21.5. The lowest BCUT2D eigenvalue weighted by atomic mass is 9.64. The van der Waals surface area contributed by atoms with E-state index in [9.17, 15) is 4.79 Å². The highest BCUT2D eigenvalue weighted by atomic mass is 32.2. The van der Waals surface area contributed by atoms with Gasteiger partial charge in [0.05, 0.1) is 35.2 Å². The molecule has 3 aromatic heterocycles. The minimum absolute atomic E-state index is 0.0618. The van der Waals surface area contributed by atoms with Gasteiger partial charge in [-0.3, -0.25) is 9.69 Å². The van der Waals surface area contributed by atoms with Crippen LogP contribution in [0.1, 0.15) is 69.2 Å². The van der Waals surface area contributed by atoms with E-state index in [0.717, 1.165) is 78.9 Å². The van der Waals surface area contributed by atoms with Gasteiger partial charge in [0.25, 0.3) is 0 Å². The van der Waals surface area contributed by atoms with Gasteiger partial charge < -0.3 is 9.26 Å². The molecule has 1 aliphatic heterocycles. The summed E-state index contributed by atoms with van der Waals surface area (Å²) < 4.78 is 13.8. The smallest absolute Gasteiger partial charge is 0.185 e. The summed E-state index contributed by atoms with van der Waals surface area (Å²) in [7, 11) is 3.93. The van der Waals surface area contributed by atoms with Gasteiger partial charge in [0.2, 0.25) is 0 Å². The van der Waals surface area contributed by atoms with Crippen LogP contribution in [0.5, 0.6) is 0 Å². The highest BCUT2D eigenvalue weighted by molar-refractivity contribution is 7.98. The Kier molecular flexibility index (Phi) is 6.16. The number of hydrogen-bond donors (Lipinski definition) is 0. The first-order chi connectivity index (χ1) is 17.5. The van der Waals surface area contributed by atoms with Crippen molar-refractivity contribution in [1.29, 1.82) is 0 Å². The molecule has 2 fully saturated rings. The van der Waals surface area contributed by atoms with Crippen molar-refractivity contribution in [3.8, 4) is 11.5 Å². The predicted molar refractivity (Wildman–Crippen MR) is 137 cm³/mol. The van der Waals surface area contributed by atoms with Crippen LogP contribution in [0, 0.1) is 0 Å². The standard InChI is InChI=1S/C26H34N6O3S/c1-15(21-18(34-3)10-13-31(21)2)32-24-17(14-27-32)25(36-4)29-23(28-24)20-16-8-7-12-26(22(16)35-30-20)11-6-5-9-19(26)33/h14-15,18,21H,5-13H2,1-4H3/t15-,18-,21+,26+/m0/s1. The minimum atomic E-state index is -0.512. The van der Waals surface area contributed by atoms with E-state index in [2.05, 4.69) is 24.0 Å². The Morgan fingerprint density at radius 1 is 1.22 bits per heavy atom. The van der Waals surface area contributed by atoms with Crippen molar-refractivity contribution in [3.05, 3.63) is 17.5 Å². The maximum absolute atomic E-state index is 13.1. The van der Waals surface area contributed by atoms with Crippen LogP contribution in [0.2, 0.25) is 0 Å². The molecule has 1 saturated carbocycles. The molecule has 0 amide bonds. The monoisotopic (exact) mass is 510 g/mol. The molecule has 0 unspecified atom stereocenters. The van der Waals surface area contributed by atoms with Gasteiger partial charge in [-0.1, -0.05) is 11.6 Å². The number of likely N-dealkylation sites (tertiary alicyclic amines) is 1. The van der Waals surface area contributed by atoms with Gasteiger partial charge >= 0.3 is 0 Å². The number of thioether (sulfide) groups is 1. The van der Waals surface area contributed by atoms with Gasteiger partial charge in [-0.05, 0) is 58.8 Å². The van der Waals surface area contributed by atoms with Crippen LogP contribution >= 0.6 is 11.8 Å². The molecular weight excluding hydrogens is 476 g/mol. The van der Waals surface area contributed by atoms with Crippen molar-refractivity contribution in [1.82, 2.24) is 29.8 Å². The van der Waals surface area contributed by atoms with Crippen LogP contribution in [-0.4, -0.2) is 74.7 Å². The zero-order valence-corrected chi connectivity index (χ0v) is 22.3. The third-order valence-corrected chi connectivity index (χ3v) is 9.41. The summed E-state index contributed by atoms with van der Waals surface area (Å²) in [6.07, 6.45) is 11.2. The van der Waals surface area contributed by atoms with Crippen molar-refractivity contribution in [2.45, 2.75) is 86.9 Å². The van der Waals surface area contributed by atoms with E-state index in [1.807, 2.05) is 17.1 Å². The number of fused-ring (bicyclic) bond motifs is 3. The summed E-state index contributed by atoms with van der Waals surface area (Å²) in [6, 6.07) is 0.262. The Morgan fingerprint density at radius 2 is 2.06 bits per heavy atom. The topological polar surface area (TPSA) is 99.2 Å². The Hall–Kier alpha value is -2.30. The molecule has 0 aromatic carbocycles. The van der Waals surface area contributed by atoms with Gasteiger partial charge in [-0.2, -0.15) is 5.10 Å². The maximum Gasteiger partial charge on any atom is 0.185 e. The number of rotatable bonds is 5. The van der Waals surface area contributed by atoms with Crippen LogP contribution in [0.25, 0.3) is 22.6 Å². The normalized spacial score (nSPS) is 27.7. The number of Topliss-reactive ketones (excluding diaryl/α,β-unsaturated/α-hetero) is 1. The fraction of sp³-hybridized carbons (Fsp3) is 0.654. The molecule has 0 bridgehead atoms. The molecule has 3 aliphatic rings. The van der Waals surface area contributed by atoms with Crippen LogP contribution < -0.4 is 0 Å². The first-order valence-corrected chi connectivity index (χ1v) is 14.3. The summed E-state index contributed by atoms with van der Waals surface area (Å²) in [6.45, 7) is 3.18. The summed E-state index contributed by atoms with van der Waals surface area (Å²) in [4.78, 5) is 25.4. The average Bonchev–Trinajstić information content (AvgIpc) is 3.61. The lowest BCUT2D eigenvalue weighted by Crippen LogP contribution is -2.41. The number of ketones is 1. The molecule has 4 heterocycles. The Balaban J connectivity index is 1.45. The van der Waals surface area contributed by atoms with E-state index >= 15 is 0 Å². The number of hydrogen-bond acceptors (Lipinski definition) is 9. The molecule has 192 valence electrons. The molecule has 3 aromatic rings.